The normalized spacial score (nSPS) is 17.1. The number of anilines is 1. The summed E-state index contributed by atoms with van der Waals surface area (Å²) < 4.78 is 7.30. The number of hydrogen-bond acceptors (Lipinski definition) is 6. The molecule has 2 aliphatic heterocycles. The zero-order chi connectivity index (χ0) is 32.3. The van der Waals surface area contributed by atoms with Gasteiger partial charge in [0.25, 0.3) is 0 Å². The number of para-hydroxylation sites is 2. The van der Waals surface area contributed by atoms with Gasteiger partial charge in [-0.1, -0.05) is 82.0 Å². The second kappa shape index (κ2) is 16.2. The lowest BCUT2D eigenvalue weighted by Gasteiger charge is -2.27. The van der Waals surface area contributed by atoms with Crippen molar-refractivity contribution in [1.82, 2.24) is 0 Å². The van der Waals surface area contributed by atoms with Crippen LogP contribution in [0.15, 0.2) is 96.9 Å². The lowest BCUT2D eigenvalue weighted by molar-refractivity contribution is -0.784. The van der Waals surface area contributed by atoms with Crippen LogP contribution in [-0.4, -0.2) is 34.0 Å². The van der Waals surface area contributed by atoms with Crippen LogP contribution in [0.3, 0.4) is 0 Å². The summed E-state index contributed by atoms with van der Waals surface area (Å²) in [5, 5.41) is 11.5. The zero-order valence-corrected chi connectivity index (χ0v) is 28.9. The Balaban J connectivity index is 0.000000801. The van der Waals surface area contributed by atoms with Gasteiger partial charge in [0.1, 0.15) is 6.54 Å². The second-order valence-electron chi connectivity index (χ2n) is 11.7. The SMILES string of the molecule is C=C(CCCN1/C(=C/C=C/C=C/C2=[N+](CCC)c3ccccc3C2(C)C)C(C)(C)c2ccccc21)OCC.O=C(I)OO[O-]. The standard InChI is InChI=1S/C35H45N2O.CHIO4/c1-8-25-36-30-21-15-13-19-28(30)34(4,5)32(36)23-11-10-12-24-33-35(6,7)29-20-14-16-22-31(29)37(33)26-17-18-27(3)38-9-2;2-1(3)5-6-4/h10-16,19-24H,3,8-9,17-18,25-26H2,1-2,4-7H3;4H/q+1;/p-1. The molecule has 236 valence electrons. The van der Waals surface area contributed by atoms with Gasteiger partial charge in [-0.3, -0.25) is 4.89 Å². The van der Waals surface area contributed by atoms with Crippen molar-refractivity contribution in [3.8, 4) is 0 Å². The molecule has 4 rings (SSSR count). The molecule has 0 radical (unpaired) electrons. The van der Waals surface area contributed by atoms with E-state index in [1.807, 2.05) is 6.92 Å². The molecule has 0 N–H and O–H groups in total. The third-order valence-corrected chi connectivity index (χ3v) is 8.24. The Morgan fingerprint density at radius 1 is 1.00 bits per heavy atom. The maximum atomic E-state index is 9.48. The number of nitrogens with zero attached hydrogens (tertiary/aromatic N) is 2. The average molecular weight is 713 g/mol. The Morgan fingerprint density at radius 3 is 2.32 bits per heavy atom. The highest BCUT2D eigenvalue weighted by Crippen LogP contribution is 2.47. The van der Waals surface area contributed by atoms with E-state index in [0.29, 0.717) is 6.61 Å². The number of ether oxygens (including phenoxy) is 1. The van der Waals surface area contributed by atoms with Crippen LogP contribution in [0, 0.1) is 0 Å². The van der Waals surface area contributed by atoms with E-state index < -0.39 is 3.98 Å². The third-order valence-electron chi connectivity index (χ3n) is 8.06. The van der Waals surface area contributed by atoms with Crippen LogP contribution >= 0.6 is 22.6 Å². The number of benzene rings is 2. The van der Waals surface area contributed by atoms with Crippen LogP contribution < -0.4 is 10.2 Å². The Hall–Kier alpha value is -3.21. The van der Waals surface area contributed by atoms with Gasteiger partial charge in [-0.15, -0.1) is 0 Å². The minimum atomic E-state index is -0.775. The number of carbonyl (C=O) groups is 1. The topological polar surface area (TPSA) is 74.1 Å². The summed E-state index contributed by atoms with van der Waals surface area (Å²) in [6, 6.07) is 17.6. The van der Waals surface area contributed by atoms with Crippen LogP contribution in [0.4, 0.5) is 16.2 Å². The molecule has 44 heavy (non-hydrogen) atoms. The fraction of sp³-hybridized carbons (Fsp3) is 0.389. The van der Waals surface area contributed by atoms with Gasteiger partial charge in [-0.25, -0.2) is 9.83 Å². The Kier molecular flexibility index (Phi) is 13.0. The molecule has 0 saturated carbocycles. The molecule has 0 bridgehead atoms. The number of carbonyl (C=O) groups excluding carboxylic acids is 1. The fourth-order valence-electron chi connectivity index (χ4n) is 6.08. The maximum absolute atomic E-state index is 9.48. The summed E-state index contributed by atoms with van der Waals surface area (Å²) in [6.45, 7) is 20.3. The van der Waals surface area contributed by atoms with Gasteiger partial charge in [0.15, 0.2) is 5.71 Å². The minimum absolute atomic E-state index is 0.00799. The first-order chi connectivity index (χ1) is 21.0. The van der Waals surface area contributed by atoms with Gasteiger partial charge in [0, 0.05) is 53.9 Å². The maximum Gasteiger partial charge on any atom is 0.399 e. The van der Waals surface area contributed by atoms with Crippen molar-refractivity contribution in [1.29, 1.82) is 0 Å². The monoisotopic (exact) mass is 712 g/mol. The van der Waals surface area contributed by atoms with Crippen molar-refractivity contribution < 1.29 is 29.3 Å². The van der Waals surface area contributed by atoms with E-state index in [2.05, 4.69) is 140 Å². The molecule has 0 spiro atoms. The van der Waals surface area contributed by atoms with Gasteiger partial charge in [-0.2, -0.15) is 4.58 Å². The number of fused-ring (bicyclic) bond motifs is 2. The predicted octanol–water partition coefficient (Wildman–Crippen LogP) is 8.36. The summed E-state index contributed by atoms with van der Waals surface area (Å²) in [5.74, 6) is 0.876. The van der Waals surface area contributed by atoms with Gasteiger partial charge in [0.05, 0.1) is 40.4 Å². The largest absolute Gasteiger partial charge is 0.681 e. The first-order valence-electron chi connectivity index (χ1n) is 15.1. The van der Waals surface area contributed by atoms with Crippen molar-refractivity contribution in [2.24, 2.45) is 0 Å². The molecule has 8 heteroatoms. The molecule has 0 aliphatic carbocycles. The van der Waals surface area contributed by atoms with Gasteiger partial charge in [0.2, 0.25) is 5.69 Å². The third kappa shape index (κ3) is 8.28. The fourth-order valence-corrected chi connectivity index (χ4v) is 6.16. The molecule has 0 unspecified atom stereocenters. The summed E-state index contributed by atoms with van der Waals surface area (Å²) >= 11 is 1.26. The Morgan fingerprint density at radius 2 is 1.68 bits per heavy atom. The molecule has 7 nitrogen and oxygen atoms in total. The highest BCUT2D eigenvalue weighted by atomic mass is 127. The first-order valence-corrected chi connectivity index (χ1v) is 16.2. The molecule has 2 aromatic rings. The quantitative estimate of drug-likeness (QED) is 0.0419. The second-order valence-corrected chi connectivity index (χ2v) is 12.6. The molecule has 0 fully saturated rings. The number of rotatable bonds is 12. The van der Waals surface area contributed by atoms with Crippen molar-refractivity contribution in [2.75, 3.05) is 24.6 Å². The van der Waals surface area contributed by atoms with E-state index >= 15 is 0 Å². The molecular weight excluding hydrogens is 667 g/mol. The van der Waals surface area contributed by atoms with Crippen LogP contribution in [0.25, 0.3) is 0 Å². The van der Waals surface area contributed by atoms with Gasteiger partial charge < -0.3 is 14.9 Å². The van der Waals surface area contributed by atoms with Crippen molar-refractivity contribution in [3.05, 3.63) is 108 Å². The Labute approximate surface area is 276 Å². The van der Waals surface area contributed by atoms with Crippen molar-refractivity contribution >= 4 is 43.7 Å². The lowest BCUT2D eigenvalue weighted by Crippen LogP contribution is -2.27. The van der Waals surface area contributed by atoms with E-state index in [-0.39, 0.29) is 10.8 Å². The molecule has 2 aromatic carbocycles. The lowest BCUT2D eigenvalue weighted by atomic mass is 9.81. The molecule has 2 aliphatic rings. The van der Waals surface area contributed by atoms with Crippen molar-refractivity contribution in [2.45, 2.75) is 71.6 Å². The highest BCUT2D eigenvalue weighted by Gasteiger charge is 2.43. The summed E-state index contributed by atoms with van der Waals surface area (Å²) in [6.07, 6.45) is 14.2. The smallest absolute Gasteiger partial charge is 0.399 e. The molecular formula is C36H45IN2O5. The van der Waals surface area contributed by atoms with E-state index in [0.717, 1.165) is 38.1 Å². The summed E-state index contributed by atoms with van der Waals surface area (Å²) in [4.78, 5) is 15.3. The Bertz CT molecular complexity index is 1440. The van der Waals surface area contributed by atoms with Gasteiger partial charge in [-0.05, 0) is 44.9 Å². The molecule has 2 heterocycles. The molecule has 0 amide bonds. The van der Waals surface area contributed by atoms with Crippen LogP contribution in [0.5, 0.6) is 0 Å². The number of hydrogen-bond donors (Lipinski definition) is 0. The molecule has 0 saturated heterocycles. The van der Waals surface area contributed by atoms with Crippen LogP contribution in [0.1, 0.15) is 71.9 Å². The van der Waals surface area contributed by atoms with E-state index in [1.54, 1.807) is 0 Å². The minimum Gasteiger partial charge on any atom is -0.681 e. The van der Waals surface area contributed by atoms with E-state index in [4.69, 9.17) is 9.99 Å². The predicted molar refractivity (Wildman–Crippen MR) is 184 cm³/mol. The van der Waals surface area contributed by atoms with E-state index in [9.17, 15) is 4.79 Å². The number of halogens is 1. The summed E-state index contributed by atoms with van der Waals surface area (Å²) in [7, 11) is 0. The van der Waals surface area contributed by atoms with Crippen molar-refractivity contribution in [3.63, 3.8) is 0 Å². The highest BCUT2D eigenvalue weighted by molar-refractivity contribution is 14.1. The first kappa shape index (κ1) is 35.3. The zero-order valence-electron chi connectivity index (χ0n) is 26.8. The van der Waals surface area contributed by atoms with Crippen LogP contribution in [-0.2, 0) is 25.5 Å². The average Bonchev–Trinajstić information content (AvgIpc) is 3.33. The van der Waals surface area contributed by atoms with E-state index in [1.165, 1.54) is 56.5 Å². The van der Waals surface area contributed by atoms with Gasteiger partial charge >= 0.3 is 3.98 Å². The molecule has 0 aromatic heterocycles. The number of allylic oxidation sites excluding steroid dienone is 7. The summed E-state index contributed by atoms with van der Waals surface area (Å²) in [5.41, 5.74) is 8.09. The molecule has 0 atom stereocenters. The van der Waals surface area contributed by atoms with Crippen LogP contribution in [0.2, 0.25) is 0 Å².